The molecule has 1 heterocycles. The summed E-state index contributed by atoms with van der Waals surface area (Å²) >= 11 is 0. The summed E-state index contributed by atoms with van der Waals surface area (Å²) in [5.41, 5.74) is -7.08. The molecule has 166 valence electrons. The monoisotopic (exact) mass is 438 g/mol. The van der Waals surface area contributed by atoms with Gasteiger partial charge in [0.15, 0.2) is 0 Å². The van der Waals surface area contributed by atoms with E-state index in [0.29, 0.717) is 0 Å². The van der Waals surface area contributed by atoms with Crippen molar-refractivity contribution in [2.75, 3.05) is 0 Å². The predicted octanol–water partition coefficient (Wildman–Crippen LogP) is 4.21. The summed E-state index contributed by atoms with van der Waals surface area (Å²) in [5, 5.41) is 9.29. The molecule has 0 aromatic carbocycles. The van der Waals surface area contributed by atoms with Crippen molar-refractivity contribution in [3.8, 4) is 0 Å². The Kier molecular flexibility index (Phi) is 5.60. The number of rotatable bonds is 3. The third-order valence-corrected chi connectivity index (χ3v) is 4.68. The minimum Gasteiger partial charge on any atom is -0.449 e. The molecule has 14 heteroatoms. The lowest BCUT2D eigenvalue weighted by atomic mass is 9.81. The summed E-state index contributed by atoms with van der Waals surface area (Å²) < 4.78 is 143. The van der Waals surface area contributed by atoms with Gasteiger partial charge in [0, 0.05) is 0 Å². The predicted molar refractivity (Wildman–Crippen MR) is 70.4 cm³/mol. The van der Waals surface area contributed by atoms with Gasteiger partial charge >= 0.3 is 36.0 Å². The van der Waals surface area contributed by atoms with Crippen molar-refractivity contribution < 1.29 is 63.3 Å². The van der Waals surface area contributed by atoms with Gasteiger partial charge in [-0.1, -0.05) is 6.92 Å². The molecule has 1 N–H and O–H groups in total. The second kappa shape index (κ2) is 6.34. The quantitative estimate of drug-likeness (QED) is 0.530. The first-order valence-electron chi connectivity index (χ1n) is 7.55. The molecule has 3 unspecified atom stereocenters. The summed E-state index contributed by atoms with van der Waals surface area (Å²) in [5.74, 6) is -20.0. The summed E-state index contributed by atoms with van der Waals surface area (Å²) in [4.78, 5) is 11.9. The minimum absolute atomic E-state index is 0.244. The molecule has 0 spiro atoms. The fourth-order valence-electron chi connectivity index (χ4n) is 2.14. The molecule has 1 aliphatic heterocycles. The maximum absolute atomic E-state index is 14.4. The molecule has 1 saturated heterocycles. The number of halogens is 10. The summed E-state index contributed by atoms with van der Waals surface area (Å²) in [6, 6.07) is 0. The molecule has 0 aromatic heterocycles. The van der Waals surface area contributed by atoms with Crippen LogP contribution in [0.1, 0.15) is 34.1 Å². The number of hydrogen-bond donors (Lipinski definition) is 1. The second-order valence-corrected chi connectivity index (χ2v) is 7.04. The smallest absolute Gasteiger partial charge is 0.449 e. The Morgan fingerprint density at radius 3 is 1.75 bits per heavy atom. The highest BCUT2D eigenvalue weighted by Crippen LogP contribution is 2.61. The first-order valence-corrected chi connectivity index (χ1v) is 7.55. The number of carbonyl (C=O) groups is 1. The molecule has 28 heavy (non-hydrogen) atoms. The number of carbonyl (C=O) groups excluding carboxylic acids is 1. The Hall–Kier alpha value is -1.31. The highest BCUT2D eigenvalue weighted by Gasteiger charge is 2.90. The second-order valence-electron chi connectivity index (χ2n) is 7.04. The van der Waals surface area contributed by atoms with Gasteiger partial charge in [0.25, 0.3) is 0 Å². The SMILES string of the molecule is CCC(C)(C)C(=O)OC1C(F)(F)C(C)(C(F)(F)F)OC(O)(C(F)(F)F)C1(F)F. The average molecular weight is 438 g/mol. The van der Waals surface area contributed by atoms with Crippen LogP contribution in [0.25, 0.3) is 0 Å². The largest absolute Gasteiger partial charge is 0.449 e. The third-order valence-electron chi connectivity index (χ3n) is 4.68. The van der Waals surface area contributed by atoms with Gasteiger partial charge in [-0.2, -0.15) is 43.9 Å². The fraction of sp³-hybridized carbons (Fsp3) is 0.929. The molecule has 0 radical (unpaired) electrons. The van der Waals surface area contributed by atoms with Crippen molar-refractivity contribution in [1.29, 1.82) is 0 Å². The van der Waals surface area contributed by atoms with Crippen LogP contribution in [0.5, 0.6) is 0 Å². The van der Waals surface area contributed by atoms with Crippen molar-refractivity contribution in [3.05, 3.63) is 0 Å². The van der Waals surface area contributed by atoms with Gasteiger partial charge < -0.3 is 14.6 Å². The van der Waals surface area contributed by atoms with Crippen LogP contribution >= 0.6 is 0 Å². The van der Waals surface area contributed by atoms with Crippen LogP contribution in [0.15, 0.2) is 0 Å². The van der Waals surface area contributed by atoms with Crippen LogP contribution < -0.4 is 0 Å². The van der Waals surface area contributed by atoms with Crippen LogP contribution in [-0.2, 0) is 14.3 Å². The molecular weight excluding hydrogens is 422 g/mol. The zero-order valence-electron chi connectivity index (χ0n) is 14.7. The van der Waals surface area contributed by atoms with Gasteiger partial charge in [0.2, 0.25) is 11.7 Å². The van der Waals surface area contributed by atoms with E-state index in [0.717, 1.165) is 13.8 Å². The summed E-state index contributed by atoms with van der Waals surface area (Å²) in [7, 11) is 0. The highest BCUT2D eigenvalue weighted by molar-refractivity contribution is 5.76. The van der Waals surface area contributed by atoms with Gasteiger partial charge in [-0.3, -0.25) is 4.79 Å². The highest BCUT2D eigenvalue weighted by atomic mass is 19.4. The number of hydrogen-bond acceptors (Lipinski definition) is 4. The van der Waals surface area contributed by atoms with E-state index in [1.165, 1.54) is 6.92 Å². The van der Waals surface area contributed by atoms with E-state index in [1.54, 1.807) is 0 Å². The maximum atomic E-state index is 14.4. The lowest BCUT2D eigenvalue weighted by molar-refractivity contribution is -0.537. The molecule has 3 atom stereocenters. The zero-order chi connectivity index (χ0) is 22.8. The Labute approximate surface area is 151 Å². The first-order chi connectivity index (χ1) is 12.0. The number of esters is 1. The number of alkyl halides is 10. The molecule has 0 aliphatic carbocycles. The third kappa shape index (κ3) is 3.21. The lowest BCUT2D eigenvalue weighted by Crippen LogP contribution is -2.82. The van der Waals surface area contributed by atoms with Crippen molar-refractivity contribution in [2.45, 2.75) is 75.8 Å². The Morgan fingerprint density at radius 2 is 1.43 bits per heavy atom. The Morgan fingerprint density at radius 1 is 1.00 bits per heavy atom. The molecule has 0 amide bonds. The molecule has 1 aliphatic rings. The molecule has 1 fully saturated rings. The van der Waals surface area contributed by atoms with Crippen molar-refractivity contribution in [3.63, 3.8) is 0 Å². The van der Waals surface area contributed by atoms with Crippen LogP contribution in [-0.4, -0.2) is 52.8 Å². The molecule has 0 aromatic rings. The normalized spacial score (nSPS) is 33.5. The van der Waals surface area contributed by atoms with Crippen LogP contribution in [0.4, 0.5) is 43.9 Å². The van der Waals surface area contributed by atoms with E-state index in [2.05, 4.69) is 9.47 Å². The molecule has 0 saturated carbocycles. The van der Waals surface area contributed by atoms with Gasteiger partial charge in [0.1, 0.15) is 0 Å². The standard InChI is InChI=1S/C14H16F10O4/c1-5-8(2,3)7(25)27-6-10(15,16)9(4,13(19,20)21)28-12(26,11(6,17)18)14(22,23)24/h6,26H,5H2,1-4H3. The van der Waals surface area contributed by atoms with E-state index in [9.17, 15) is 53.8 Å². The van der Waals surface area contributed by atoms with Crippen LogP contribution in [0.2, 0.25) is 0 Å². The molecule has 1 rings (SSSR count). The van der Waals surface area contributed by atoms with Crippen LogP contribution in [0.3, 0.4) is 0 Å². The van der Waals surface area contributed by atoms with Crippen molar-refractivity contribution >= 4 is 5.97 Å². The van der Waals surface area contributed by atoms with E-state index >= 15 is 0 Å². The van der Waals surface area contributed by atoms with Crippen molar-refractivity contribution in [1.82, 2.24) is 0 Å². The van der Waals surface area contributed by atoms with Gasteiger partial charge in [0.05, 0.1) is 5.41 Å². The molecule has 4 nitrogen and oxygen atoms in total. The van der Waals surface area contributed by atoms with Crippen LogP contribution in [0, 0.1) is 5.41 Å². The first kappa shape index (κ1) is 24.7. The topological polar surface area (TPSA) is 55.8 Å². The Bertz CT molecular complexity index is 589. The van der Waals surface area contributed by atoms with E-state index in [4.69, 9.17) is 0 Å². The number of aliphatic hydroxyl groups is 1. The van der Waals surface area contributed by atoms with Gasteiger partial charge in [-0.25, -0.2) is 0 Å². The average Bonchev–Trinajstić information content (AvgIpc) is 2.47. The van der Waals surface area contributed by atoms with Crippen molar-refractivity contribution in [2.24, 2.45) is 5.41 Å². The maximum Gasteiger partial charge on any atom is 0.449 e. The Balaban J connectivity index is 3.75. The fourth-order valence-corrected chi connectivity index (χ4v) is 2.14. The van der Waals surface area contributed by atoms with E-state index < -0.39 is 60.0 Å². The van der Waals surface area contributed by atoms with Gasteiger partial charge in [-0.15, -0.1) is 0 Å². The molecular formula is C14H16F10O4. The summed E-state index contributed by atoms with van der Waals surface area (Å²) in [6.07, 6.45) is -17.9. The summed E-state index contributed by atoms with van der Waals surface area (Å²) in [6.45, 7) is 2.55. The molecule has 0 bridgehead atoms. The number of ether oxygens (including phenoxy) is 2. The minimum atomic E-state index is -6.66. The zero-order valence-corrected chi connectivity index (χ0v) is 14.7. The van der Waals surface area contributed by atoms with E-state index in [-0.39, 0.29) is 6.42 Å². The lowest BCUT2D eigenvalue weighted by Gasteiger charge is -2.54. The van der Waals surface area contributed by atoms with Gasteiger partial charge in [-0.05, 0) is 27.2 Å². The van der Waals surface area contributed by atoms with E-state index in [1.807, 2.05) is 0 Å².